The Morgan fingerprint density at radius 1 is 0.792 bits per heavy atom. The zero-order valence-corrected chi connectivity index (χ0v) is 12.4. The quantitative estimate of drug-likeness (QED) is 0.412. The summed E-state index contributed by atoms with van der Waals surface area (Å²) in [5, 5.41) is 32.5. The SMILES string of the molecule is Nc1ccccn1.Nc1ccccn1.O=C(O)C(O)C(O)C(=O)O. The first-order chi connectivity index (χ1) is 11.3. The maximum absolute atomic E-state index is 9.77. The highest BCUT2D eigenvalue weighted by atomic mass is 16.4. The van der Waals surface area contributed by atoms with Gasteiger partial charge in [0.2, 0.25) is 0 Å². The van der Waals surface area contributed by atoms with Gasteiger partial charge in [-0.3, -0.25) is 0 Å². The van der Waals surface area contributed by atoms with Crippen LogP contribution in [0.2, 0.25) is 0 Å². The van der Waals surface area contributed by atoms with E-state index >= 15 is 0 Å². The Morgan fingerprint density at radius 2 is 1.12 bits per heavy atom. The molecule has 0 saturated carbocycles. The number of nitrogen functional groups attached to an aromatic ring is 2. The van der Waals surface area contributed by atoms with E-state index in [9.17, 15) is 9.59 Å². The van der Waals surface area contributed by atoms with Gasteiger partial charge >= 0.3 is 11.9 Å². The summed E-state index contributed by atoms with van der Waals surface area (Å²) in [6.45, 7) is 0. The van der Waals surface area contributed by atoms with Crippen LogP contribution in [0.1, 0.15) is 0 Å². The summed E-state index contributed by atoms with van der Waals surface area (Å²) >= 11 is 0. The Bertz CT molecular complexity index is 556. The second-order valence-electron chi connectivity index (χ2n) is 4.08. The molecule has 2 aromatic rings. The van der Waals surface area contributed by atoms with E-state index < -0.39 is 24.1 Å². The largest absolute Gasteiger partial charge is 0.479 e. The third-order valence-corrected chi connectivity index (χ3v) is 2.18. The van der Waals surface area contributed by atoms with Crippen LogP contribution >= 0.6 is 0 Å². The molecule has 2 atom stereocenters. The molecular formula is C14H18N4O6. The maximum atomic E-state index is 9.77. The zero-order valence-electron chi connectivity index (χ0n) is 12.4. The number of anilines is 2. The molecule has 0 spiro atoms. The lowest BCUT2D eigenvalue weighted by Gasteiger charge is -2.07. The lowest BCUT2D eigenvalue weighted by molar-refractivity contribution is -0.165. The topological polar surface area (TPSA) is 193 Å². The molecule has 0 aliphatic rings. The van der Waals surface area contributed by atoms with Crippen molar-refractivity contribution in [2.75, 3.05) is 11.5 Å². The van der Waals surface area contributed by atoms with E-state index in [2.05, 4.69) is 9.97 Å². The predicted molar refractivity (Wildman–Crippen MR) is 84.6 cm³/mol. The van der Waals surface area contributed by atoms with Crippen molar-refractivity contribution in [2.24, 2.45) is 0 Å². The van der Waals surface area contributed by atoms with E-state index in [-0.39, 0.29) is 0 Å². The van der Waals surface area contributed by atoms with Gasteiger partial charge in [-0.1, -0.05) is 12.1 Å². The number of hydrogen-bond donors (Lipinski definition) is 6. The van der Waals surface area contributed by atoms with Gasteiger partial charge in [0.25, 0.3) is 0 Å². The van der Waals surface area contributed by atoms with Crippen LogP contribution in [-0.4, -0.2) is 54.5 Å². The summed E-state index contributed by atoms with van der Waals surface area (Å²) in [5.41, 5.74) is 10.5. The molecule has 10 heteroatoms. The third-order valence-electron chi connectivity index (χ3n) is 2.18. The molecule has 24 heavy (non-hydrogen) atoms. The molecule has 2 heterocycles. The first-order valence-electron chi connectivity index (χ1n) is 6.40. The number of rotatable bonds is 3. The number of aliphatic hydroxyl groups is 2. The van der Waals surface area contributed by atoms with Gasteiger partial charge in [-0.25, -0.2) is 19.6 Å². The van der Waals surface area contributed by atoms with Gasteiger partial charge in [0.1, 0.15) is 11.6 Å². The lowest BCUT2D eigenvalue weighted by Crippen LogP contribution is -2.39. The summed E-state index contributed by atoms with van der Waals surface area (Å²) in [4.78, 5) is 27.1. The van der Waals surface area contributed by atoms with E-state index in [0.717, 1.165) is 0 Å². The van der Waals surface area contributed by atoms with Crippen molar-refractivity contribution in [3.05, 3.63) is 48.8 Å². The summed E-state index contributed by atoms with van der Waals surface area (Å²) < 4.78 is 0. The Labute approximate surface area is 137 Å². The lowest BCUT2D eigenvalue weighted by atomic mass is 10.2. The molecule has 0 amide bonds. The van der Waals surface area contributed by atoms with Crippen LogP contribution in [0.5, 0.6) is 0 Å². The number of aliphatic hydroxyl groups excluding tert-OH is 2. The molecular weight excluding hydrogens is 320 g/mol. The summed E-state index contributed by atoms with van der Waals surface area (Å²) in [6, 6.07) is 10.9. The average molecular weight is 338 g/mol. The van der Waals surface area contributed by atoms with Crippen molar-refractivity contribution in [2.45, 2.75) is 12.2 Å². The van der Waals surface area contributed by atoms with Gasteiger partial charge in [0.15, 0.2) is 12.2 Å². The fourth-order valence-electron chi connectivity index (χ4n) is 1.02. The monoisotopic (exact) mass is 338 g/mol. The Balaban J connectivity index is 0.000000337. The van der Waals surface area contributed by atoms with Crippen molar-refractivity contribution < 1.29 is 30.0 Å². The highest BCUT2D eigenvalue weighted by Crippen LogP contribution is 1.92. The summed E-state index contributed by atoms with van der Waals surface area (Å²) in [6.07, 6.45) is -1.21. The molecule has 10 nitrogen and oxygen atoms in total. The van der Waals surface area contributed by atoms with Crippen LogP contribution in [0.15, 0.2) is 48.8 Å². The Hall–Kier alpha value is -3.24. The molecule has 2 aromatic heterocycles. The highest BCUT2D eigenvalue weighted by Gasteiger charge is 2.29. The molecule has 8 N–H and O–H groups in total. The van der Waals surface area contributed by atoms with Crippen LogP contribution < -0.4 is 11.5 Å². The molecule has 0 aromatic carbocycles. The maximum Gasteiger partial charge on any atom is 0.335 e. The van der Waals surface area contributed by atoms with Gasteiger partial charge in [-0.15, -0.1) is 0 Å². The van der Waals surface area contributed by atoms with Gasteiger partial charge < -0.3 is 31.9 Å². The van der Waals surface area contributed by atoms with Crippen molar-refractivity contribution in [3.8, 4) is 0 Å². The Morgan fingerprint density at radius 3 is 1.25 bits per heavy atom. The van der Waals surface area contributed by atoms with Crippen molar-refractivity contribution in [1.29, 1.82) is 0 Å². The molecule has 0 radical (unpaired) electrons. The van der Waals surface area contributed by atoms with E-state index in [0.29, 0.717) is 11.6 Å². The summed E-state index contributed by atoms with van der Waals surface area (Å²) in [7, 11) is 0. The van der Waals surface area contributed by atoms with Crippen LogP contribution in [0.3, 0.4) is 0 Å². The molecule has 130 valence electrons. The van der Waals surface area contributed by atoms with Gasteiger partial charge in [0.05, 0.1) is 0 Å². The third kappa shape index (κ3) is 9.65. The van der Waals surface area contributed by atoms with Crippen LogP contribution in [-0.2, 0) is 9.59 Å². The highest BCUT2D eigenvalue weighted by molar-refractivity contribution is 5.83. The van der Waals surface area contributed by atoms with E-state index in [1.54, 1.807) is 24.5 Å². The number of carboxylic acid groups (broad SMARTS) is 2. The van der Waals surface area contributed by atoms with Gasteiger partial charge in [0, 0.05) is 12.4 Å². The van der Waals surface area contributed by atoms with Crippen molar-refractivity contribution in [3.63, 3.8) is 0 Å². The van der Waals surface area contributed by atoms with E-state index in [4.69, 9.17) is 31.9 Å². The predicted octanol–water partition coefficient (Wildman–Crippen LogP) is -0.795. The number of carboxylic acids is 2. The van der Waals surface area contributed by atoms with Crippen LogP contribution in [0, 0.1) is 0 Å². The number of aliphatic carboxylic acids is 2. The normalized spacial score (nSPS) is 11.6. The first kappa shape index (κ1) is 20.8. The fraction of sp³-hybridized carbons (Fsp3) is 0.143. The molecule has 0 aliphatic heterocycles. The van der Waals surface area contributed by atoms with E-state index in [1.165, 1.54) is 0 Å². The Kier molecular flexibility index (Phi) is 9.81. The van der Waals surface area contributed by atoms with Crippen LogP contribution in [0.25, 0.3) is 0 Å². The molecule has 0 saturated heterocycles. The van der Waals surface area contributed by atoms with Crippen LogP contribution in [0.4, 0.5) is 11.6 Å². The number of hydrogen-bond acceptors (Lipinski definition) is 8. The standard InChI is InChI=1S/2C5H6N2.C4H6O6/c2*6-5-3-1-2-4-7-5;5-1(3(7)8)2(6)4(9)10/h2*1-4H,(H2,6,7);1-2,5-6H,(H,7,8)(H,9,10). The van der Waals surface area contributed by atoms with Gasteiger partial charge in [-0.2, -0.15) is 0 Å². The minimum atomic E-state index is -2.27. The second-order valence-corrected chi connectivity index (χ2v) is 4.08. The smallest absolute Gasteiger partial charge is 0.335 e. The van der Waals surface area contributed by atoms with Crippen molar-refractivity contribution in [1.82, 2.24) is 9.97 Å². The molecule has 0 bridgehead atoms. The number of pyridine rings is 2. The fourth-order valence-corrected chi connectivity index (χ4v) is 1.02. The average Bonchev–Trinajstić information content (AvgIpc) is 2.56. The summed E-state index contributed by atoms with van der Waals surface area (Å²) in [5.74, 6) is -2.39. The number of nitrogens with two attached hydrogens (primary N) is 2. The van der Waals surface area contributed by atoms with Gasteiger partial charge in [-0.05, 0) is 24.3 Å². The number of carbonyl (C=O) groups is 2. The molecule has 0 fully saturated rings. The minimum Gasteiger partial charge on any atom is -0.479 e. The number of aromatic nitrogens is 2. The zero-order chi connectivity index (χ0) is 18.5. The number of nitrogens with zero attached hydrogens (tertiary/aromatic N) is 2. The van der Waals surface area contributed by atoms with Crippen molar-refractivity contribution >= 4 is 23.6 Å². The molecule has 2 rings (SSSR count). The molecule has 0 aliphatic carbocycles. The minimum absolute atomic E-state index is 0.572. The van der Waals surface area contributed by atoms with E-state index in [1.807, 2.05) is 24.3 Å². The first-order valence-corrected chi connectivity index (χ1v) is 6.40. The second kappa shape index (κ2) is 11.3. The molecule has 2 unspecified atom stereocenters.